The first-order valence-corrected chi connectivity index (χ1v) is 7.81. The molecule has 1 rings (SSSR count). The lowest BCUT2D eigenvalue weighted by molar-refractivity contribution is 0.289. The summed E-state index contributed by atoms with van der Waals surface area (Å²) in [6.07, 6.45) is 0.804. The van der Waals surface area contributed by atoms with Crippen LogP contribution >= 0.6 is 15.9 Å². The van der Waals surface area contributed by atoms with E-state index >= 15 is 0 Å². The largest absolute Gasteiger partial charge is 0.396 e. The van der Waals surface area contributed by atoms with Gasteiger partial charge in [0.2, 0.25) is 0 Å². The SMILES string of the molecule is CCNC(C)c1cc(Br)ccc1N(CC)CCCO. The van der Waals surface area contributed by atoms with Gasteiger partial charge >= 0.3 is 0 Å². The molecule has 0 spiro atoms. The number of aliphatic hydroxyl groups is 1. The Labute approximate surface area is 125 Å². The third kappa shape index (κ3) is 4.79. The van der Waals surface area contributed by atoms with Gasteiger partial charge in [-0.15, -0.1) is 0 Å². The van der Waals surface area contributed by atoms with Crippen LogP contribution in [-0.4, -0.2) is 31.3 Å². The fourth-order valence-electron chi connectivity index (χ4n) is 2.29. The maximum atomic E-state index is 9.02. The van der Waals surface area contributed by atoms with Gasteiger partial charge < -0.3 is 15.3 Å². The molecule has 0 heterocycles. The Hall–Kier alpha value is -0.580. The summed E-state index contributed by atoms with van der Waals surface area (Å²) in [6.45, 7) is 9.50. The molecule has 0 bridgehead atoms. The van der Waals surface area contributed by atoms with E-state index in [-0.39, 0.29) is 6.61 Å². The van der Waals surface area contributed by atoms with Crippen LogP contribution in [0.25, 0.3) is 0 Å². The average molecular weight is 329 g/mol. The normalized spacial score (nSPS) is 12.5. The van der Waals surface area contributed by atoms with Crippen LogP contribution < -0.4 is 10.2 Å². The Balaban J connectivity index is 3.02. The number of halogens is 1. The van der Waals surface area contributed by atoms with Crippen molar-refractivity contribution < 1.29 is 5.11 Å². The molecule has 0 fully saturated rings. The number of nitrogens with one attached hydrogen (secondary N) is 1. The minimum Gasteiger partial charge on any atom is -0.396 e. The van der Waals surface area contributed by atoms with Crippen molar-refractivity contribution in [2.45, 2.75) is 33.2 Å². The van der Waals surface area contributed by atoms with Gasteiger partial charge in [0.1, 0.15) is 0 Å². The molecule has 1 aromatic carbocycles. The van der Waals surface area contributed by atoms with Gasteiger partial charge in [0.25, 0.3) is 0 Å². The molecule has 1 atom stereocenters. The Morgan fingerprint density at radius 1 is 1.37 bits per heavy atom. The first kappa shape index (κ1) is 16.5. The molecule has 0 radical (unpaired) electrons. The zero-order valence-electron chi connectivity index (χ0n) is 12.1. The molecule has 108 valence electrons. The lowest BCUT2D eigenvalue weighted by atomic mass is 10.0. The van der Waals surface area contributed by atoms with Crippen molar-refractivity contribution >= 4 is 21.6 Å². The van der Waals surface area contributed by atoms with Crippen LogP contribution in [0.2, 0.25) is 0 Å². The molecule has 1 unspecified atom stereocenters. The van der Waals surface area contributed by atoms with E-state index in [9.17, 15) is 0 Å². The molecular weight excluding hydrogens is 304 g/mol. The second-order valence-electron chi connectivity index (χ2n) is 4.64. The first-order chi connectivity index (χ1) is 9.13. The molecule has 1 aromatic rings. The van der Waals surface area contributed by atoms with Crippen LogP contribution in [0.1, 0.15) is 38.8 Å². The highest BCUT2D eigenvalue weighted by atomic mass is 79.9. The lowest BCUT2D eigenvalue weighted by Crippen LogP contribution is -2.28. The van der Waals surface area contributed by atoms with Crippen molar-refractivity contribution in [1.29, 1.82) is 0 Å². The maximum absolute atomic E-state index is 9.02. The van der Waals surface area contributed by atoms with Gasteiger partial charge in [-0.3, -0.25) is 0 Å². The molecule has 0 aliphatic carbocycles. The Bertz CT molecular complexity index is 384. The topological polar surface area (TPSA) is 35.5 Å². The summed E-state index contributed by atoms with van der Waals surface area (Å²) in [4.78, 5) is 2.33. The number of nitrogens with zero attached hydrogens (tertiary/aromatic N) is 1. The van der Waals surface area contributed by atoms with Crippen molar-refractivity contribution in [2.24, 2.45) is 0 Å². The second kappa shape index (κ2) is 8.56. The molecule has 0 amide bonds. The van der Waals surface area contributed by atoms with E-state index in [1.54, 1.807) is 0 Å². The molecule has 3 nitrogen and oxygen atoms in total. The number of hydrogen-bond donors (Lipinski definition) is 2. The zero-order chi connectivity index (χ0) is 14.3. The van der Waals surface area contributed by atoms with Gasteiger partial charge in [-0.2, -0.15) is 0 Å². The molecule has 0 aromatic heterocycles. The fourth-order valence-corrected chi connectivity index (χ4v) is 2.67. The van der Waals surface area contributed by atoms with Crippen molar-refractivity contribution in [3.63, 3.8) is 0 Å². The average Bonchev–Trinajstić information content (AvgIpc) is 2.41. The van der Waals surface area contributed by atoms with E-state index in [1.165, 1.54) is 11.3 Å². The Morgan fingerprint density at radius 3 is 2.68 bits per heavy atom. The van der Waals surface area contributed by atoms with Crippen molar-refractivity contribution in [2.75, 3.05) is 31.1 Å². The van der Waals surface area contributed by atoms with E-state index in [4.69, 9.17) is 5.11 Å². The minimum atomic E-state index is 0.241. The van der Waals surface area contributed by atoms with Gasteiger partial charge in [-0.1, -0.05) is 22.9 Å². The quantitative estimate of drug-likeness (QED) is 0.768. The number of hydrogen-bond acceptors (Lipinski definition) is 3. The van der Waals surface area contributed by atoms with E-state index in [0.717, 1.165) is 30.5 Å². The third-order valence-corrected chi connectivity index (χ3v) is 3.77. The maximum Gasteiger partial charge on any atom is 0.0447 e. The molecule has 2 N–H and O–H groups in total. The molecule has 4 heteroatoms. The van der Waals surface area contributed by atoms with Gasteiger partial charge in [-0.25, -0.2) is 0 Å². The predicted octanol–water partition coefficient (Wildman–Crippen LogP) is 3.33. The lowest BCUT2D eigenvalue weighted by Gasteiger charge is -2.28. The van der Waals surface area contributed by atoms with Crippen LogP contribution in [-0.2, 0) is 0 Å². The smallest absolute Gasteiger partial charge is 0.0447 e. The monoisotopic (exact) mass is 328 g/mol. The van der Waals surface area contributed by atoms with Crippen molar-refractivity contribution in [3.8, 4) is 0 Å². The van der Waals surface area contributed by atoms with Crippen LogP contribution in [0.4, 0.5) is 5.69 Å². The molecule has 0 saturated heterocycles. The van der Waals surface area contributed by atoms with E-state index in [0.29, 0.717) is 6.04 Å². The predicted molar refractivity (Wildman–Crippen MR) is 85.8 cm³/mol. The van der Waals surface area contributed by atoms with E-state index < -0.39 is 0 Å². The summed E-state index contributed by atoms with van der Waals surface area (Å²) in [7, 11) is 0. The summed E-state index contributed by atoms with van der Waals surface area (Å²) in [5, 5.41) is 12.5. The number of anilines is 1. The zero-order valence-corrected chi connectivity index (χ0v) is 13.7. The van der Waals surface area contributed by atoms with Crippen LogP contribution in [0.15, 0.2) is 22.7 Å². The molecule has 0 saturated carbocycles. The van der Waals surface area contributed by atoms with Crippen molar-refractivity contribution in [1.82, 2.24) is 5.32 Å². The highest BCUT2D eigenvalue weighted by Crippen LogP contribution is 2.29. The molecule has 19 heavy (non-hydrogen) atoms. The number of rotatable bonds is 8. The summed E-state index contributed by atoms with van der Waals surface area (Å²) in [5.41, 5.74) is 2.56. The molecule has 0 aliphatic rings. The highest BCUT2D eigenvalue weighted by molar-refractivity contribution is 9.10. The van der Waals surface area contributed by atoms with Crippen LogP contribution in [0.3, 0.4) is 0 Å². The number of aliphatic hydroxyl groups excluding tert-OH is 1. The summed E-state index contributed by atoms with van der Waals surface area (Å²) in [5.74, 6) is 0. The van der Waals surface area contributed by atoms with Crippen LogP contribution in [0, 0.1) is 0 Å². The Kier molecular flexibility index (Phi) is 7.42. The van der Waals surface area contributed by atoms with E-state index in [2.05, 4.69) is 65.1 Å². The summed E-state index contributed by atoms with van der Waals surface area (Å²) >= 11 is 3.55. The first-order valence-electron chi connectivity index (χ1n) is 7.02. The molecule has 0 aliphatic heterocycles. The van der Waals surface area contributed by atoms with Gasteiger partial charge in [-0.05, 0) is 50.6 Å². The van der Waals surface area contributed by atoms with Gasteiger partial charge in [0.15, 0.2) is 0 Å². The Morgan fingerprint density at radius 2 is 2.11 bits per heavy atom. The fraction of sp³-hybridized carbons (Fsp3) is 0.600. The summed E-state index contributed by atoms with van der Waals surface area (Å²) in [6, 6.07) is 6.75. The van der Waals surface area contributed by atoms with Crippen LogP contribution in [0.5, 0.6) is 0 Å². The third-order valence-electron chi connectivity index (χ3n) is 3.27. The highest BCUT2D eigenvalue weighted by Gasteiger charge is 2.14. The van der Waals surface area contributed by atoms with E-state index in [1.807, 2.05) is 0 Å². The molecular formula is C15H25BrN2O. The van der Waals surface area contributed by atoms with Gasteiger partial charge in [0.05, 0.1) is 0 Å². The van der Waals surface area contributed by atoms with Crippen molar-refractivity contribution in [3.05, 3.63) is 28.2 Å². The summed E-state index contributed by atoms with van der Waals surface area (Å²) < 4.78 is 1.11. The minimum absolute atomic E-state index is 0.241. The van der Waals surface area contributed by atoms with Gasteiger partial charge in [0, 0.05) is 35.9 Å². The number of benzene rings is 1. The second-order valence-corrected chi connectivity index (χ2v) is 5.56. The standard InChI is InChI=1S/C15H25BrN2O/c1-4-17-12(3)14-11-13(16)7-8-15(14)18(5-2)9-6-10-19/h7-8,11-12,17,19H,4-6,9-10H2,1-3H3.